The number of carbonyl (C=O) groups is 2. The molecule has 2 rings (SSSR count). The molecule has 0 saturated carbocycles. The highest BCUT2D eigenvalue weighted by atomic mass is 32.1. The fourth-order valence-corrected chi connectivity index (χ4v) is 3.27. The van der Waals surface area contributed by atoms with E-state index in [1.165, 1.54) is 18.4 Å². The van der Waals surface area contributed by atoms with Gasteiger partial charge in [-0.15, -0.1) is 11.3 Å². The van der Waals surface area contributed by atoms with Gasteiger partial charge in [0.05, 0.1) is 26.2 Å². The quantitative estimate of drug-likeness (QED) is 0.852. The maximum absolute atomic E-state index is 12.3. The predicted molar refractivity (Wildman–Crippen MR) is 90.5 cm³/mol. The molecule has 0 aliphatic heterocycles. The van der Waals surface area contributed by atoms with Crippen LogP contribution in [0.4, 0.5) is 5.00 Å². The Labute approximate surface area is 139 Å². The summed E-state index contributed by atoms with van der Waals surface area (Å²) >= 11 is 1.37. The van der Waals surface area contributed by atoms with Gasteiger partial charge in [-0.1, -0.05) is 12.1 Å². The number of nitrogens with one attached hydrogen (secondary N) is 1. The topological polar surface area (TPSA) is 64.6 Å². The summed E-state index contributed by atoms with van der Waals surface area (Å²) in [5, 5.41) is 3.34. The Kier molecular flexibility index (Phi) is 5.39. The third-order valence-electron chi connectivity index (χ3n) is 3.53. The highest BCUT2D eigenvalue weighted by Crippen LogP contribution is 2.33. The first-order valence-corrected chi connectivity index (χ1v) is 7.89. The van der Waals surface area contributed by atoms with Crippen LogP contribution in [0.3, 0.4) is 0 Å². The van der Waals surface area contributed by atoms with E-state index in [1.54, 1.807) is 7.11 Å². The second kappa shape index (κ2) is 7.28. The highest BCUT2D eigenvalue weighted by Gasteiger charge is 2.21. The Morgan fingerprint density at radius 3 is 2.61 bits per heavy atom. The lowest BCUT2D eigenvalue weighted by Gasteiger charge is -2.07. The second-order valence-corrected chi connectivity index (χ2v) is 6.28. The van der Waals surface area contributed by atoms with E-state index in [4.69, 9.17) is 9.47 Å². The number of benzene rings is 1. The third-order valence-corrected chi connectivity index (χ3v) is 4.65. The molecule has 122 valence electrons. The van der Waals surface area contributed by atoms with Gasteiger partial charge in [0, 0.05) is 4.88 Å². The van der Waals surface area contributed by atoms with E-state index in [-0.39, 0.29) is 12.3 Å². The van der Waals surface area contributed by atoms with E-state index in [0.717, 1.165) is 16.0 Å². The molecule has 0 radical (unpaired) electrons. The molecule has 0 aliphatic carbocycles. The zero-order valence-electron chi connectivity index (χ0n) is 13.6. The zero-order valence-corrected chi connectivity index (χ0v) is 14.4. The Balaban J connectivity index is 2.17. The zero-order chi connectivity index (χ0) is 17.0. The van der Waals surface area contributed by atoms with Crippen molar-refractivity contribution in [1.29, 1.82) is 0 Å². The van der Waals surface area contributed by atoms with Crippen molar-refractivity contribution in [2.24, 2.45) is 0 Å². The van der Waals surface area contributed by atoms with Crippen LogP contribution >= 0.6 is 11.3 Å². The fourth-order valence-electron chi connectivity index (χ4n) is 2.20. The van der Waals surface area contributed by atoms with Crippen molar-refractivity contribution >= 4 is 28.2 Å². The number of carbonyl (C=O) groups excluding carboxylic acids is 2. The molecule has 1 aromatic heterocycles. The van der Waals surface area contributed by atoms with Crippen molar-refractivity contribution in [2.75, 3.05) is 19.5 Å². The SMILES string of the molecule is COC(=O)c1c(NC(=O)Cc2cccc(OC)c2)sc(C)c1C. The van der Waals surface area contributed by atoms with Crippen molar-refractivity contribution in [3.63, 3.8) is 0 Å². The van der Waals surface area contributed by atoms with E-state index < -0.39 is 5.97 Å². The summed E-state index contributed by atoms with van der Waals surface area (Å²) in [6.07, 6.45) is 0.202. The van der Waals surface area contributed by atoms with Crippen LogP contribution in [-0.2, 0) is 16.0 Å². The first kappa shape index (κ1) is 17.0. The molecule has 5 nitrogen and oxygen atoms in total. The van der Waals surface area contributed by atoms with Gasteiger partial charge in [0.1, 0.15) is 10.8 Å². The van der Waals surface area contributed by atoms with Crippen LogP contribution in [0, 0.1) is 13.8 Å². The van der Waals surface area contributed by atoms with Gasteiger partial charge in [-0.05, 0) is 37.1 Å². The lowest BCUT2D eigenvalue weighted by Crippen LogP contribution is -2.16. The van der Waals surface area contributed by atoms with E-state index in [9.17, 15) is 9.59 Å². The third kappa shape index (κ3) is 3.90. The van der Waals surface area contributed by atoms with Crippen LogP contribution in [0.15, 0.2) is 24.3 Å². The first-order valence-electron chi connectivity index (χ1n) is 7.07. The van der Waals surface area contributed by atoms with Gasteiger partial charge < -0.3 is 14.8 Å². The predicted octanol–water partition coefficient (Wildman–Crippen LogP) is 3.34. The maximum atomic E-state index is 12.3. The molecule has 0 fully saturated rings. The van der Waals surface area contributed by atoms with Gasteiger partial charge in [-0.3, -0.25) is 4.79 Å². The molecule has 1 heterocycles. The van der Waals surface area contributed by atoms with Crippen molar-refractivity contribution in [1.82, 2.24) is 0 Å². The molecule has 2 aromatic rings. The number of amides is 1. The average Bonchev–Trinajstić information content (AvgIpc) is 2.81. The van der Waals surface area contributed by atoms with Crippen LogP contribution in [0.1, 0.15) is 26.4 Å². The largest absolute Gasteiger partial charge is 0.497 e. The van der Waals surface area contributed by atoms with Gasteiger partial charge in [0.25, 0.3) is 0 Å². The van der Waals surface area contributed by atoms with Gasteiger partial charge >= 0.3 is 5.97 Å². The van der Waals surface area contributed by atoms with Gasteiger partial charge in [-0.25, -0.2) is 4.79 Å². The van der Waals surface area contributed by atoms with E-state index in [0.29, 0.717) is 16.3 Å². The number of ether oxygens (including phenoxy) is 2. The number of methoxy groups -OCH3 is 2. The highest BCUT2D eigenvalue weighted by molar-refractivity contribution is 7.16. The van der Waals surface area contributed by atoms with Crippen molar-refractivity contribution in [3.8, 4) is 5.75 Å². The van der Waals surface area contributed by atoms with Crippen molar-refractivity contribution < 1.29 is 19.1 Å². The van der Waals surface area contributed by atoms with Gasteiger partial charge in [-0.2, -0.15) is 0 Å². The first-order chi connectivity index (χ1) is 11.0. The minimum atomic E-state index is -0.441. The van der Waals surface area contributed by atoms with Crippen LogP contribution in [0.25, 0.3) is 0 Å². The standard InChI is InChI=1S/C17H19NO4S/c1-10-11(2)23-16(15(10)17(20)22-4)18-14(19)9-12-6-5-7-13(8-12)21-3/h5-8H,9H2,1-4H3,(H,18,19). The number of aryl methyl sites for hydroxylation is 1. The fraction of sp³-hybridized carbons (Fsp3) is 0.294. The number of hydrogen-bond acceptors (Lipinski definition) is 5. The smallest absolute Gasteiger partial charge is 0.341 e. The second-order valence-electron chi connectivity index (χ2n) is 5.06. The number of thiophene rings is 1. The normalized spacial score (nSPS) is 10.3. The molecule has 6 heteroatoms. The number of anilines is 1. The number of rotatable bonds is 5. The van der Waals surface area contributed by atoms with Crippen LogP contribution in [0.2, 0.25) is 0 Å². The maximum Gasteiger partial charge on any atom is 0.341 e. The minimum Gasteiger partial charge on any atom is -0.497 e. The molecule has 0 saturated heterocycles. The lowest BCUT2D eigenvalue weighted by molar-refractivity contribution is -0.115. The summed E-state index contributed by atoms with van der Waals surface area (Å²) in [5.41, 5.74) is 2.10. The molecule has 1 amide bonds. The Bertz CT molecular complexity index is 736. The summed E-state index contributed by atoms with van der Waals surface area (Å²) in [6, 6.07) is 7.32. The average molecular weight is 333 g/mol. The summed E-state index contributed by atoms with van der Waals surface area (Å²) in [5.74, 6) is 0.0709. The van der Waals surface area contributed by atoms with E-state index in [1.807, 2.05) is 38.1 Å². The van der Waals surface area contributed by atoms with Crippen molar-refractivity contribution in [3.05, 3.63) is 45.8 Å². The van der Waals surface area contributed by atoms with Crippen LogP contribution in [0.5, 0.6) is 5.75 Å². The van der Waals surface area contributed by atoms with E-state index in [2.05, 4.69) is 5.32 Å². The van der Waals surface area contributed by atoms with Gasteiger partial charge in [0.15, 0.2) is 0 Å². The molecule has 23 heavy (non-hydrogen) atoms. The monoisotopic (exact) mass is 333 g/mol. The molecule has 0 bridgehead atoms. The molecule has 0 aliphatic rings. The van der Waals surface area contributed by atoms with E-state index >= 15 is 0 Å². The molecular formula is C17H19NO4S. The summed E-state index contributed by atoms with van der Waals surface area (Å²) < 4.78 is 9.95. The minimum absolute atomic E-state index is 0.190. The van der Waals surface area contributed by atoms with Crippen LogP contribution < -0.4 is 10.1 Å². The van der Waals surface area contributed by atoms with Crippen molar-refractivity contribution in [2.45, 2.75) is 20.3 Å². The molecule has 0 atom stereocenters. The Hall–Kier alpha value is -2.34. The summed E-state index contributed by atoms with van der Waals surface area (Å²) in [6.45, 7) is 3.75. The number of hydrogen-bond donors (Lipinski definition) is 1. The molecule has 0 spiro atoms. The van der Waals surface area contributed by atoms with Crippen LogP contribution in [-0.4, -0.2) is 26.1 Å². The number of esters is 1. The molecule has 1 aromatic carbocycles. The Morgan fingerprint density at radius 2 is 1.96 bits per heavy atom. The lowest BCUT2D eigenvalue weighted by atomic mass is 10.1. The summed E-state index contributed by atoms with van der Waals surface area (Å²) in [4.78, 5) is 25.2. The summed E-state index contributed by atoms with van der Waals surface area (Å²) in [7, 11) is 2.91. The molecule has 0 unspecified atom stereocenters. The molecular weight excluding hydrogens is 314 g/mol. The molecule has 1 N–H and O–H groups in total. The Morgan fingerprint density at radius 1 is 1.22 bits per heavy atom. The van der Waals surface area contributed by atoms with Gasteiger partial charge in [0.2, 0.25) is 5.91 Å².